The Bertz CT molecular complexity index is 630. The van der Waals surface area contributed by atoms with E-state index in [-0.39, 0.29) is 11.2 Å². The normalized spacial score (nSPS) is 23.9. The smallest absolute Gasteiger partial charge is 0.0834 e. The third-order valence-corrected chi connectivity index (χ3v) is 4.16. The van der Waals surface area contributed by atoms with Crippen LogP contribution in [-0.4, -0.2) is 17.2 Å². The molecule has 0 aromatic heterocycles. The summed E-state index contributed by atoms with van der Waals surface area (Å²) < 4.78 is 6.15. The maximum Gasteiger partial charge on any atom is 0.0834 e. The Hall–Kier alpha value is -1.54. The van der Waals surface area contributed by atoms with Gasteiger partial charge in [-0.3, -0.25) is 0 Å². The Morgan fingerprint density at radius 2 is 1.70 bits per heavy atom. The summed E-state index contributed by atoms with van der Waals surface area (Å²) in [5.41, 5.74) is 0.968. The van der Waals surface area contributed by atoms with Crippen molar-refractivity contribution in [2.24, 2.45) is 0 Å². The molecule has 1 atom stereocenters. The lowest BCUT2D eigenvalue weighted by Crippen LogP contribution is -2.38. The first-order chi connectivity index (χ1) is 9.36. The van der Waals surface area contributed by atoms with Crippen LogP contribution in [0.1, 0.15) is 34.1 Å². The second kappa shape index (κ2) is 4.49. The number of hydrogen-bond acceptors (Lipinski definition) is 2. The lowest BCUT2D eigenvalue weighted by Gasteiger charge is -2.28. The maximum atomic E-state index is 6.15. The van der Waals surface area contributed by atoms with Crippen LogP contribution in [0.5, 0.6) is 0 Å². The van der Waals surface area contributed by atoms with Gasteiger partial charge < -0.3 is 10.1 Å². The highest BCUT2D eigenvalue weighted by Gasteiger charge is 2.45. The zero-order valence-corrected chi connectivity index (χ0v) is 12.7. The van der Waals surface area contributed by atoms with E-state index in [0.717, 1.165) is 6.42 Å². The lowest BCUT2D eigenvalue weighted by atomic mass is 9.94. The molecule has 106 valence electrons. The second-order valence-corrected chi connectivity index (χ2v) is 6.93. The van der Waals surface area contributed by atoms with E-state index in [0.29, 0.717) is 6.04 Å². The molecule has 0 radical (unpaired) electrons. The molecule has 3 rings (SSSR count). The van der Waals surface area contributed by atoms with Crippen LogP contribution < -0.4 is 5.32 Å². The zero-order valence-electron chi connectivity index (χ0n) is 12.7. The fraction of sp³-hybridized carbons (Fsp3) is 0.444. The minimum absolute atomic E-state index is 0.0575. The van der Waals surface area contributed by atoms with Crippen molar-refractivity contribution in [2.75, 3.05) is 5.32 Å². The van der Waals surface area contributed by atoms with Gasteiger partial charge in [0.1, 0.15) is 0 Å². The molecule has 2 nitrogen and oxygen atoms in total. The molecule has 1 fully saturated rings. The average molecular weight is 269 g/mol. The minimum atomic E-state index is -0.144. The summed E-state index contributed by atoms with van der Waals surface area (Å²) in [6.45, 7) is 8.66. The van der Waals surface area contributed by atoms with Gasteiger partial charge in [-0.05, 0) is 57.0 Å². The molecule has 0 aliphatic carbocycles. The summed E-state index contributed by atoms with van der Waals surface area (Å²) in [5.74, 6) is 0. The van der Waals surface area contributed by atoms with E-state index in [1.165, 1.54) is 16.5 Å². The molecule has 20 heavy (non-hydrogen) atoms. The van der Waals surface area contributed by atoms with E-state index in [4.69, 9.17) is 4.74 Å². The molecule has 0 amide bonds. The van der Waals surface area contributed by atoms with Gasteiger partial charge in [0.25, 0.3) is 0 Å². The first-order valence-corrected chi connectivity index (χ1v) is 7.31. The largest absolute Gasteiger partial charge is 0.379 e. The van der Waals surface area contributed by atoms with Gasteiger partial charge in [0, 0.05) is 5.69 Å². The number of fused-ring (bicyclic) bond motifs is 1. The highest BCUT2D eigenvalue weighted by atomic mass is 16.5. The van der Waals surface area contributed by atoms with Crippen molar-refractivity contribution in [2.45, 2.75) is 51.4 Å². The molecule has 0 bridgehead atoms. The van der Waals surface area contributed by atoms with Crippen molar-refractivity contribution in [3.63, 3.8) is 0 Å². The fourth-order valence-corrected chi connectivity index (χ4v) is 3.27. The van der Waals surface area contributed by atoms with E-state index in [1.54, 1.807) is 0 Å². The zero-order chi connectivity index (χ0) is 14.4. The quantitative estimate of drug-likeness (QED) is 0.860. The Morgan fingerprint density at radius 1 is 1.00 bits per heavy atom. The molecule has 1 N–H and O–H groups in total. The molecule has 2 aromatic carbocycles. The molecule has 2 heteroatoms. The summed E-state index contributed by atoms with van der Waals surface area (Å²) in [6, 6.07) is 15.3. The van der Waals surface area contributed by atoms with Crippen LogP contribution in [0.15, 0.2) is 42.5 Å². The number of ether oxygens (including phenoxy) is 1. The lowest BCUT2D eigenvalue weighted by molar-refractivity contribution is -0.0662. The summed E-state index contributed by atoms with van der Waals surface area (Å²) in [7, 11) is 0. The molecule has 1 saturated heterocycles. The molecule has 1 heterocycles. The molecule has 1 aliphatic rings. The molecular formula is C18H23NO. The van der Waals surface area contributed by atoms with Gasteiger partial charge in [-0.2, -0.15) is 0 Å². The standard InChI is InChI=1S/C18H23NO/c1-17(2)12-16(18(3,4)20-17)19-15-10-9-13-7-5-6-8-14(13)11-15/h5-11,16,19H,12H2,1-4H3. The Kier molecular flexibility index (Phi) is 3.02. The molecule has 0 saturated carbocycles. The van der Waals surface area contributed by atoms with E-state index >= 15 is 0 Å². The van der Waals surface area contributed by atoms with E-state index in [1.807, 2.05) is 0 Å². The minimum Gasteiger partial charge on any atom is -0.379 e. The van der Waals surface area contributed by atoms with Crippen molar-refractivity contribution in [3.05, 3.63) is 42.5 Å². The number of hydrogen-bond donors (Lipinski definition) is 1. The van der Waals surface area contributed by atoms with E-state index in [2.05, 4.69) is 75.5 Å². The highest BCUT2D eigenvalue weighted by Crippen LogP contribution is 2.39. The number of rotatable bonds is 2. The van der Waals surface area contributed by atoms with Crippen molar-refractivity contribution in [1.29, 1.82) is 0 Å². The maximum absolute atomic E-state index is 6.15. The number of nitrogens with one attached hydrogen (secondary N) is 1. The predicted octanol–water partition coefficient (Wildman–Crippen LogP) is 4.60. The fourth-order valence-electron chi connectivity index (χ4n) is 3.27. The van der Waals surface area contributed by atoms with E-state index < -0.39 is 0 Å². The SMILES string of the molecule is CC1(C)CC(Nc2ccc3ccccc3c2)C(C)(C)O1. The Labute approximate surface area is 121 Å². The molecule has 2 aromatic rings. The second-order valence-electron chi connectivity index (χ2n) is 6.93. The van der Waals surface area contributed by atoms with Crippen LogP contribution in [0.25, 0.3) is 10.8 Å². The first-order valence-electron chi connectivity index (χ1n) is 7.31. The van der Waals surface area contributed by atoms with Crippen LogP contribution >= 0.6 is 0 Å². The summed E-state index contributed by atoms with van der Waals surface area (Å²) >= 11 is 0. The van der Waals surface area contributed by atoms with Gasteiger partial charge >= 0.3 is 0 Å². The Balaban J connectivity index is 1.86. The third kappa shape index (κ3) is 2.53. The number of anilines is 1. The summed E-state index contributed by atoms with van der Waals surface area (Å²) in [5, 5.41) is 6.20. The first kappa shape index (κ1) is 13.4. The highest BCUT2D eigenvalue weighted by molar-refractivity contribution is 5.85. The van der Waals surface area contributed by atoms with Crippen molar-refractivity contribution >= 4 is 16.5 Å². The summed E-state index contributed by atoms with van der Waals surface area (Å²) in [4.78, 5) is 0. The molecule has 1 unspecified atom stereocenters. The van der Waals surface area contributed by atoms with Gasteiger partial charge in [-0.25, -0.2) is 0 Å². The van der Waals surface area contributed by atoms with Crippen LogP contribution in [0, 0.1) is 0 Å². The van der Waals surface area contributed by atoms with Crippen molar-refractivity contribution < 1.29 is 4.74 Å². The van der Waals surface area contributed by atoms with E-state index in [9.17, 15) is 0 Å². The van der Waals surface area contributed by atoms with Crippen LogP contribution in [-0.2, 0) is 4.74 Å². The Morgan fingerprint density at radius 3 is 2.35 bits per heavy atom. The van der Waals surface area contributed by atoms with Crippen LogP contribution in [0.4, 0.5) is 5.69 Å². The summed E-state index contributed by atoms with van der Waals surface area (Å²) in [6.07, 6.45) is 1.02. The molecular weight excluding hydrogens is 246 g/mol. The van der Waals surface area contributed by atoms with Gasteiger partial charge in [0.05, 0.1) is 17.2 Å². The number of benzene rings is 2. The van der Waals surface area contributed by atoms with Gasteiger partial charge in [-0.1, -0.05) is 30.3 Å². The van der Waals surface area contributed by atoms with Gasteiger partial charge in [0.2, 0.25) is 0 Å². The van der Waals surface area contributed by atoms with Gasteiger partial charge in [-0.15, -0.1) is 0 Å². The topological polar surface area (TPSA) is 21.3 Å². The van der Waals surface area contributed by atoms with Crippen molar-refractivity contribution in [1.82, 2.24) is 0 Å². The van der Waals surface area contributed by atoms with Crippen LogP contribution in [0.3, 0.4) is 0 Å². The van der Waals surface area contributed by atoms with Gasteiger partial charge in [0.15, 0.2) is 0 Å². The monoisotopic (exact) mass is 269 g/mol. The molecule has 1 aliphatic heterocycles. The average Bonchev–Trinajstić information content (AvgIpc) is 2.57. The molecule has 0 spiro atoms. The predicted molar refractivity (Wildman–Crippen MR) is 85.2 cm³/mol. The third-order valence-electron chi connectivity index (χ3n) is 4.16. The van der Waals surface area contributed by atoms with Crippen LogP contribution in [0.2, 0.25) is 0 Å². The van der Waals surface area contributed by atoms with Crippen molar-refractivity contribution in [3.8, 4) is 0 Å².